The third-order valence-corrected chi connectivity index (χ3v) is 2.77. The molecule has 0 radical (unpaired) electrons. The summed E-state index contributed by atoms with van der Waals surface area (Å²) in [5, 5.41) is 8.57. The molecular formula is C4H11NO3S. The molecule has 0 aliphatic rings. The summed E-state index contributed by atoms with van der Waals surface area (Å²) in [4.78, 5) is 0. The van der Waals surface area contributed by atoms with Gasteiger partial charge in [0.15, 0.2) is 15.3 Å². The molecule has 1 unspecified atom stereocenters. The second-order valence-electron chi connectivity index (χ2n) is 1.75. The monoisotopic (exact) mass is 153 g/mol. The van der Waals surface area contributed by atoms with E-state index in [9.17, 15) is 8.42 Å². The minimum atomic E-state index is -3.32. The van der Waals surface area contributed by atoms with E-state index in [1.165, 1.54) is 6.92 Å². The van der Waals surface area contributed by atoms with E-state index in [1.54, 1.807) is 0 Å². The molecule has 0 amide bonds. The van der Waals surface area contributed by atoms with E-state index in [-0.39, 0.29) is 12.3 Å². The molecule has 4 nitrogen and oxygen atoms in total. The van der Waals surface area contributed by atoms with Gasteiger partial charge in [-0.2, -0.15) is 0 Å². The Labute approximate surface area is 54.6 Å². The standard InChI is InChI=1S/C4H11NO3S/c1-4(6)9(7,8)3-2-5/h4,6H,2-3,5H2,1H3. The molecule has 0 heterocycles. The summed E-state index contributed by atoms with van der Waals surface area (Å²) in [6.07, 6.45) is 0. The number of aliphatic hydroxyl groups excluding tert-OH is 1. The van der Waals surface area contributed by atoms with Crippen LogP contribution in [0, 0.1) is 0 Å². The van der Waals surface area contributed by atoms with Gasteiger partial charge in [0.05, 0.1) is 5.75 Å². The zero-order chi connectivity index (χ0) is 7.49. The summed E-state index contributed by atoms with van der Waals surface area (Å²) >= 11 is 0. The zero-order valence-corrected chi connectivity index (χ0v) is 6.06. The van der Waals surface area contributed by atoms with Gasteiger partial charge in [-0.05, 0) is 6.92 Å². The van der Waals surface area contributed by atoms with E-state index in [0.717, 1.165) is 0 Å². The molecule has 0 fully saturated rings. The molecule has 5 heteroatoms. The van der Waals surface area contributed by atoms with Crippen LogP contribution in [0.4, 0.5) is 0 Å². The third-order valence-electron chi connectivity index (χ3n) is 0.922. The maximum atomic E-state index is 10.6. The summed E-state index contributed by atoms with van der Waals surface area (Å²) < 4.78 is 21.2. The summed E-state index contributed by atoms with van der Waals surface area (Å²) in [6, 6.07) is 0. The fraction of sp³-hybridized carbons (Fsp3) is 1.00. The Bertz CT molecular complexity index is 161. The van der Waals surface area contributed by atoms with Crippen LogP contribution in [0.5, 0.6) is 0 Å². The highest BCUT2D eigenvalue weighted by Gasteiger charge is 2.15. The first-order chi connectivity index (χ1) is 4.00. The molecule has 0 saturated carbocycles. The van der Waals surface area contributed by atoms with E-state index in [2.05, 4.69) is 0 Å². The topological polar surface area (TPSA) is 80.4 Å². The Morgan fingerprint density at radius 2 is 2.11 bits per heavy atom. The Morgan fingerprint density at radius 1 is 1.67 bits per heavy atom. The lowest BCUT2D eigenvalue weighted by molar-refractivity contribution is 0.268. The molecule has 1 atom stereocenters. The van der Waals surface area contributed by atoms with Crippen molar-refractivity contribution in [2.75, 3.05) is 12.3 Å². The van der Waals surface area contributed by atoms with Gasteiger partial charge in [-0.1, -0.05) is 0 Å². The van der Waals surface area contributed by atoms with Crippen LogP contribution < -0.4 is 5.73 Å². The quantitative estimate of drug-likeness (QED) is 0.528. The van der Waals surface area contributed by atoms with E-state index in [1.807, 2.05) is 0 Å². The van der Waals surface area contributed by atoms with Crippen LogP contribution in [-0.4, -0.2) is 31.3 Å². The highest BCUT2D eigenvalue weighted by Crippen LogP contribution is 1.95. The lowest BCUT2D eigenvalue weighted by Crippen LogP contribution is -2.24. The van der Waals surface area contributed by atoms with Crippen molar-refractivity contribution < 1.29 is 13.5 Å². The van der Waals surface area contributed by atoms with E-state index in [4.69, 9.17) is 10.8 Å². The van der Waals surface area contributed by atoms with E-state index >= 15 is 0 Å². The molecule has 0 aliphatic heterocycles. The molecule has 56 valence electrons. The average molecular weight is 153 g/mol. The number of hydrogen-bond acceptors (Lipinski definition) is 4. The predicted octanol–water partition coefficient (Wildman–Crippen LogP) is -1.30. The Kier molecular flexibility index (Phi) is 3.10. The van der Waals surface area contributed by atoms with Gasteiger partial charge in [-0.15, -0.1) is 0 Å². The van der Waals surface area contributed by atoms with Crippen LogP contribution in [-0.2, 0) is 9.84 Å². The predicted molar refractivity (Wildman–Crippen MR) is 34.5 cm³/mol. The van der Waals surface area contributed by atoms with Crippen molar-refractivity contribution in [3.63, 3.8) is 0 Å². The molecular weight excluding hydrogens is 142 g/mol. The molecule has 0 aliphatic carbocycles. The van der Waals surface area contributed by atoms with Crippen LogP contribution in [0.15, 0.2) is 0 Å². The number of rotatable bonds is 3. The third kappa shape index (κ3) is 2.78. The zero-order valence-electron chi connectivity index (χ0n) is 5.24. The SMILES string of the molecule is CC(O)S(=O)(=O)CCN. The molecule has 0 spiro atoms. The van der Waals surface area contributed by atoms with Crippen molar-refractivity contribution in [3.05, 3.63) is 0 Å². The minimum absolute atomic E-state index is 0.0627. The summed E-state index contributed by atoms with van der Waals surface area (Å²) in [7, 11) is -3.32. The lowest BCUT2D eigenvalue weighted by atomic mass is 10.8. The van der Waals surface area contributed by atoms with Crippen molar-refractivity contribution in [3.8, 4) is 0 Å². The van der Waals surface area contributed by atoms with Gasteiger partial charge >= 0.3 is 0 Å². The van der Waals surface area contributed by atoms with E-state index < -0.39 is 15.3 Å². The Morgan fingerprint density at radius 3 is 2.22 bits per heavy atom. The van der Waals surface area contributed by atoms with Crippen LogP contribution in [0.3, 0.4) is 0 Å². The molecule has 0 aromatic rings. The molecule has 0 rings (SSSR count). The average Bonchev–Trinajstić information content (AvgIpc) is 1.65. The van der Waals surface area contributed by atoms with Gasteiger partial charge in [-0.3, -0.25) is 0 Å². The van der Waals surface area contributed by atoms with Crippen molar-refractivity contribution >= 4 is 9.84 Å². The normalized spacial score (nSPS) is 15.4. The first kappa shape index (κ1) is 8.87. The van der Waals surface area contributed by atoms with Crippen molar-refractivity contribution in [1.82, 2.24) is 0 Å². The van der Waals surface area contributed by atoms with Gasteiger partial charge in [0.25, 0.3) is 0 Å². The maximum absolute atomic E-state index is 10.6. The maximum Gasteiger partial charge on any atom is 0.177 e. The fourth-order valence-electron chi connectivity index (χ4n) is 0.335. The fourth-order valence-corrected chi connectivity index (χ4v) is 1.00. The van der Waals surface area contributed by atoms with Gasteiger partial charge in [0.2, 0.25) is 0 Å². The first-order valence-corrected chi connectivity index (χ1v) is 4.32. The van der Waals surface area contributed by atoms with Gasteiger partial charge < -0.3 is 10.8 Å². The molecule has 0 bridgehead atoms. The smallest absolute Gasteiger partial charge is 0.177 e. The largest absolute Gasteiger partial charge is 0.377 e. The molecule has 0 saturated heterocycles. The summed E-state index contributed by atoms with van der Waals surface area (Å²) in [6.45, 7) is 1.28. The lowest BCUT2D eigenvalue weighted by Gasteiger charge is -2.02. The summed E-state index contributed by atoms with van der Waals surface area (Å²) in [5.41, 5.74) is 3.67. The second kappa shape index (κ2) is 3.14. The van der Waals surface area contributed by atoms with Crippen molar-refractivity contribution in [2.24, 2.45) is 5.73 Å². The number of nitrogens with two attached hydrogens (primary N) is 1. The summed E-state index contributed by atoms with van der Waals surface area (Å²) in [5.74, 6) is -0.148. The van der Waals surface area contributed by atoms with Crippen LogP contribution in [0.2, 0.25) is 0 Å². The van der Waals surface area contributed by atoms with Gasteiger partial charge in [-0.25, -0.2) is 8.42 Å². The van der Waals surface area contributed by atoms with Gasteiger partial charge in [0, 0.05) is 6.54 Å². The van der Waals surface area contributed by atoms with Crippen molar-refractivity contribution in [1.29, 1.82) is 0 Å². The Hall–Kier alpha value is -0.130. The van der Waals surface area contributed by atoms with Crippen LogP contribution in [0.25, 0.3) is 0 Å². The molecule has 0 aromatic carbocycles. The first-order valence-electron chi connectivity index (χ1n) is 2.60. The second-order valence-corrected chi connectivity index (χ2v) is 4.17. The Balaban J connectivity index is 4.05. The number of hydrogen-bond donors (Lipinski definition) is 2. The molecule has 0 aromatic heterocycles. The minimum Gasteiger partial charge on any atom is -0.377 e. The van der Waals surface area contributed by atoms with Crippen LogP contribution >= 0.6 is 0 Å². The van der Waals surface area contributed by atoms with Gasteiger partial charge in [0.1, 0.15) is 0 Å². The molecule has 3 N–H and O–H groups in total. The highest BCUT2D eigenvalue weighted by atomic mass is 32.2. The van der Waals surface area contributed by atoms with Crippen LogP contribution in [0.1, 0.15) is 6.92 Å². The number of aliphatic hydroxyl groups is 1. The molecule has 9 heavy (non-hydrogen) atoms. The highest BCUT2D eigenvalue weighted by molar-refractivity contribution is 7.91. The van der Waals surface area contributed by atoms with Crippen molar-refractivity contribution in [2.45, 2.75) is 12.4 Å². The van der Waals surface area contributed by atoms with E-state index in [0.29, 0.717) is 0 Å². The number of sulfone groups is 1.